The van der Waals surface area contributed by atoms with Gasteiger partial charge in [-0.05, 0) is 255 Å². The summed E-state index contributed by atoms with van der Waals surface area (Å²) in [6, 6.07) is 65.3. The number of hydrogen-bond acceptors (Lipinski definition) is 2. The average molecular weight is 1160 g/mol. The predicted octanol–water partition coefficient (Wildman–Crippen LogP) is 24.7. The number of aromatic nitrogens is 2. The van der Waals surface area contributed by atoms with Gasteiger partial charge in [-0.1, -0.05) is 116 Å². The zero-order chi connectivity index (χ0) is 59.3. The lowest BCUT2D eigenvalue weighted by Gasteiger charge is -2.14. The Kier molecular flexibility index (Phi) is 13.3. The first kappa shape index (κ1) is 55.5. The monoisotopic (exact) mass is 1160 g/mol. The maximum Gasteiger partial charge on any atom is 0.136 e. The summed E-state index contributed by atoms with van der Waals surface area (Å²) >= 11 is 7.24. The fourth-order valence-electron chi connectivity index (χ4n) is 14.6. The Hall–Kier alpha value is -9.42. The summed E-state index contributed by atoms with van der Waals surface area (Å²) in [6.45, 7) is 21.8. The number of rotatable bonds is 3. The molecule has 87 heavy (non-hydrogen) atoms. The van der Waals surface area contributed by atoms with Crippen LogP contribution in [0.25, 0.3) is 153 Å². The van der Waals surface area contributed by atoms with Crippen molar-refractivity contribution in [1.29, 1.82) is 0 Å². The fraction of sp³-hybridized carbons (Fsp3) is 0.160. The van der Waals surface area contributed by atoms with Crippen molar-refractivity contribution < 1.29 is 14.6 Å². The number of fused-ring (bicyclic) bond motifs is 17. The molecule has 17 rings (SSSR count). The molecule has 12 aromatic carbocycles. The number of aryl methyl sites for hydroxylation is 10. The van der Waals surface area contributed by atoms with Crippen LogP contribution in [0, 0.1) is 69.2 Å². The van der Waals surface area contributed by atoms with Crippen molar-refractivity contribution in [1.82, 2.24) is 8.97 Å². The van der Waals surface area contributed by atoms with Gasteiger partial charge in [-0.15, -0.1) is 0 Å². The molecule has 17 aromatic rings. The molecule has 4 nitrogen and oxygen atoms in total. The second-order valence-corrected chi connectivity index (χ2v) is 24.6. The van der Waals surface area contributed by atoms with Crippen molar-refractivity contribution in [2.24, 2.45) is 0 Å². The van der Waals surface area contributed by atoms with Crippen LogP contribution in [0.15, 0.2) is 185 Å². The molecule has 0 saturated heterocycles. The van der Waals surface area contributed by atoms with Crippen molar-refractivity contribution in [3.05, 3.63) is 237 Å². The molecule has 0 aliphatic heterocycles. The van der Waals surface area contributed by atoms with Crippen LogP contribution in [0.4, 0.5) is 4.39 Å². The van der Waals surface area contributed by atoms with Crippen molar-refractivity contribution in [3.63, 3.8) is 0 Å². The number of furan rings is 2. The van der Waals surface area contributed by atoms with E-state index < -0.39 is 7.15 Å². The van der Waals surface area contributed by atoms with E-state index in [4.69, 9.17) is 21.8 Å². The first-order chi connectivity index (χ1) is 41.5. The summed E-state index contributed by atoms with van der Waals surface area (Å²) in [4.78, 5) is 0. The van der Waals surface area contributed by atoms with Gasteiger partial charge in [0.15, 0.2) is 0 Å². The van der Waals surface area contributed by atoms with E-state index in [0.29, 0.717) is 0 Å². The van der Waals surface area contributed by atoms with Gasteiger partial charge in [-0.3, -0.25) is 4.39 Å². The summed E-state index contributed by atoms with van der Waals surface area (Å²) in [7, 11) is -1.00. The van der Waals surface area contributed by atoms with E-state index in [0.717, 1.165) is 65.8 Å². The first-order valence-electron chi connectivity index (χ1n) is 29.8. The van der Waals surface area contributed by atoms with Crippen LogP contribution in [0.2, 0.25) is 5.02 Å². The Labute approximate surface area is 513 Å². The predicted molar refractivity (Wildman–Crippen MR) is 375 cm³/mol. The van der Waals surface area contributed by atoms with E-state index in [1.807, 2.05) is 0 Å². The van der Waals surface area contributed by atoms with Crippen LogP contribution in [0.3, 0.4) is 0 Å². The first-order valence-corrected chi connectivity index (χ1v) is 29.5. The van der Waals surface area contributed by atoms with Crippen molar-refractivity contribution in [3.8, 4) is 27.9 Å². The number of alkyl halides is 1. The molecule has 0 radical (unpaired) electrons. The smallest absolute Gasteiger partial charge is 0.136 e. The molecule has 0 fully saturated rings. The highest BCUT2D eigenvalue weighted by Crippen LogP contribution is 2.46. The van der Waals surface area contributed by atoms with Crippen LogP contribution < -0.4 is 0 Å². The molecule has 5 heterocycles. The highest BCUT2D eigenvalue weighted by molar-refractivity contribution is 6.37. The number of halogens is 2. The van der Waals surface area contributed by atoms with Gasteiger partial charge in [0, 0.05) is 59.5 Å². The van der Waals surface area contributed by atoms with Gasteiger partial charge in [0.2, 0.25) is 0 Å². The van der Waals surface area contributed by atoms with Gasteiger partial charge in [0.25, 0.3) is 0 Å². The molecule has 5 aromatic heterocycles. The SMILES string of the molecule is C.C.Cc1cc(C)c(-c2cc(Cl)c3c(c2)c2ccc(C)cc2n3-c2ccc3cc4oc5cc(C)ccc5c4cc3c2)c(C)c1.Cc1cc(C)c(-c2cc3c4ccc(C)cc4n4c5cc6cc7c(cc6cc5c(c2)c34)oc2cc(C)ccc27)c(C)c1.[2H]CF. The van der Waals surface area contributed by atoms with Crippen molar-refractivity contribution >= 4 is 137 Å². The minimum Gasteiger partial charge on any atom is -0.456 e. The zero-order valence-electron chi connectivity index (χ0n) is 50.4. The third-order valence-electron chi connectivity index (χ3n) is 18.0. The molecular formula is C81H70ClFN2O2. The second kappa shape index (κ2) is 20.9. The van der Waals surface area contributed by atoms with Gasteiger partial charge in [0.1, 0.15) is 22.3 Å². The average Bonchev–Trinajstić information content (AvgIpc) is 1.55. The normalized spacial score (nSPS) is 11.9. The lowest BCUT2D eigenvalue weighted by Crippen LogP contribution is -1.95. The minimum atomic E-state index is -1.00. The summed E-state index contributed by atoms with van der Waals surface area (Å²) < 4.78 is 32.9. The van der Waals surface area contributed by atoms with Gasteiger partial charge < -0.3 is 17.8 Å². The molecule has 0 N–H and O–H groups in total. The Morgan fingerprint density at radius 3 is 1.30 bits per heavy atom. The molecule has 430 valence electrons. The molecular weight excluding hydrogens is 1090 g/mol. The molecule has 6 heteroatoms. The number of hydrogen-bond donors (Lipinski definition) is 0. The Bertz CT molecular complexity index is 5690. The largest absolute Gasteiger partial charge is 0.456 e. The standard InChI is InChI=1S/C39H30ClNO.C39H29NO.CH3F.2CH4/c1-21-6-10-30-33-18-28(38-24(4)12-23(3)13-25(38)5)19-34(40)39(33)41(35(30)14-21)29-9-8-26-20-37-32(17-27(26)16-29)31-11-7-22(2)15-36(31)42-37;1-20-6-8-28-32-16-27(38-23(4)10-22(3)11-24(38)5)17-33-30-14-26-19-37-31(29-9-7-21(2)13-36(29)41-37)15-25(26)18-35(30)40(39(32)33)34(28)12-20;1-2;;/h6-20H,1-5H3;6-19H,1-5H3;1H3;2*1H4/i;;1D;;. The molecule has 0 spiro atoms. The quantitative estimate of drug-likeness (QED) is 0.177. The molecule has 0 aliphatic rings. The third-order valence-corrected chi connectivity index (χ3v) is 18.3. The van der Waals surface area contributed by atoms with Gasteiger partial charge >= 0.3 is 0 Å². The fourth-order valence-corrected chi connectivity index (χ4v) is 14.9. The summed E-state index contributed by atoms with van der Waals surface area (Å²) in [5.74, 6) is 0. The highest BCUT2D eigenvalue weighted by atomic mass is 35.5. The summed E-state index contributed by atoms with van der Waals surface area (Å²) in [5.41, 5.74) is 28.6. The minimum absolute atomic E-state index is 0. The Balaban J connectivity index is 0.000000152. The third kappa shape index (κ3) is 8.83. The van der Waals surface area contributed by atoms with Crippen LogP contribution >= 0.6 is 11.6 Å². The highest BCUT2D eigenvalue weighted by Gasteiger charge is 2.23. The molecule has 0 saturated carbocycles. The molecule has 0 unspecified atom stereocenters. The van der Waals surface area contributed by atoms with Crippen LogP contribution in [-0.2, 0) is 0 Å². The van der Waals surface area contributed by atoms with Crippen molar-refractivity contribution in [2.45, 2.75) is 84.1 Å². The molecule has 0 atom stereocenters. The number of nitrogens with zero attached hydrogens (tertiary/aromatic N) is 2. The van der Waals surface area contributed by atoms with E-state index in [1.54, 1.807) is 0 Å². The lowest BCUT2D eigenvalue weighted by atomic mass is 9.91. The van der Waals surface area contributed by atoms with Gasteiger partial charge in [0.05, 0.1) is 41.1 Å². The Morgan fingerprint density at radius 1 is 0.345 bits per heavy atom. The summed E-state index contributed by atoms with van der Waals surface area (Å²) in [5, 5.41) is 17.8. The van der Waals surface area contributed by atoms with E-state index >= 15 is 0 Å². The summed E-state index contributed by atoms with van der Waals surface area (Å²) in [6.07, 6.45) is 0. The maximum atomic E-state index is 9.96. The van der Waals surface area contributed by atoms with E-state index in [1.165, 1.54) is 148 Å². The second-order valence-electron chi connectivity index (χ2n) is 24.2. The van der Waals surface area contributed by atoms with E-state index in [-0.39, 0.29) is 14.9 Å². The number of benzene rings is 12. The maximum absolute atomic E-state index is 9.96. The zero-order valence-corrected chi connectivity index (χ0v) is 50.2. The topological polar surface area (TPSA) is 35.6 Å². The van der Waals surface area contributed by atoms with Crippen molar-refractivity contribution in [2.75, 3.05) is 7.15 Å². The lowest BCUT2D eigenvalue weighted by molar-refractivity contribution is 0.636. The van der Waals surface area contributed by atoms with Gasteiger partial charge in [-0.2, -0.15) is 0 Å². The van der Waals surface area contributed by atoms with E-state index in [9.17, 15) is 4.39 Å². The van der Waals surface area contributed by atoms with E-state index in [2.05, 4.69) is 254 Å². The van der Waals surface area contributed by atoms with Crippen LogP contribution in [-0.4, -0.2) is 16.1 Å². The molecule has 0 amide bonds. The van der Waals surface area contributed by atoms with Gasteiger partial charge in [-0.25, -0.2) is 0 Å². The molecule has 0 aliphatic carbocycles. The van der Waals surface area contributed by atoms with Crippen LogP contribution in [0.5, 0.6) is 0 Å². The Morgan fingerprint density at radius 2 is 0.747 bits per heavy atom. The molecule has 0 bridgehead atoms. The van der Waals surface area contributed by atoms with Crippen LogP contribution in [0.1, 0.15) is 71.9 Å².